The van der Waals surface area contributed by atoms with Crippen molar-refractivity contribution in [1.82, 2.24) is 29.4 Å². The summed E-state index contributed by atoms with van der Waals surface area (Å²) < 4.78 is 80.9. The van der Waals surface area contributed by atoms with Gasteiger partial charge in [0.1, 0.15) is 0 Å². The number of pyridine rings is 2. The molecule has 0 saturated heterocycles. The Morgan fingerprint density at radius 2 is 0.825 bits per heavy atom. The van der Waals surface area contributed by atoms with Crippen molar-refractivity contribution in [2.45, 2.75) is 103 Å². The van der Waals surface area contributed by atoms with Crippen LogP contribution in [0.4, 0.5) is 37.7 Å². The van der Waals surface area contributed by atoms with E-state index in [4.69, 9.17) is 0 Å². The number of halogens is 6. The minimum Gasteiger partial charge on any atom is -0.478 e. The van der Waals surface area contributed by atoms with E-state index >= 15 is 0 Å². The molecule has 4 aromatic heterocycles. The molecule has 14 nitrogen and oxygen atoms in total. The fraction of sp³-hybridized carbons (Fsp3) is 0.300. The minimum atomic E-state index is -4.32. The summed E-state index contributed by atoms with van der Waals surface area (Å²) in [6.07, 6.45) is 0.141. The van der Waals surface area contributed by atoms with Crippen molar-refractivity contribution < 1.29 is 55.7 Å². The van der Waals surface area contributed by atoms with Crippen molar-refractivity contribution in [1.29, 1.82) is 0 Å². The van der Waals surface area contributed by atoms with Crippen molar-refractivity contribution in [2.75, 3.05) is 23.7 Å². The number of hydrogen-bond donors (Lipinski definition) is 6. The SMILES string of the molecule is Cc1cc(-c2cc(NCCC(F)(F)F)c3ncc(-c4ccc(C(=O)NC5(C)CC5)c(C)c4)n3c2)ccc1C(=O)NC1(C)CC1.Cc1cc(-c2cc(NCCC(F)(F)F)c3ncc(-c4ccc(C(=O)O)c(C)c4)n3c2)ccc1C(=O)O. The maximum atomic E-state index is 13.0. The molecule has 8 aromatic rings. The van der Waals surface area contributed by atoms with Gasteiger partial charge in [0.05, 0.1) is 59.1 Å². The summed E-state index contributed by atoms with van der Waals surface area (Å²) in [4.78, 5) is 57.5. The zero-order chi connectivity index (χ0) is 57.6. The summed E-state index contributed by atoms with van der Waals surface area (Å²) >= 11 is 0. The van der Waals surface area contributed by atoms with Crippen LogP contribution in [0.25, 0.3) is 56.1 Å². The second-order valence-electron chi connectivity index (χ2n) is 21.3. The highest BCUT2D eigenvalue weighted by Crippen LogP contribution is 2.38. The number of nitrogens with zero attached hydrogens (tertiary/aromatic N) is 4. The van der Waals surface area contributed by atoms with Gasteiger partial charge >= 0.3 is 24.3 Å². The Balaban J connectivity index is 0.000000198. The number of imidazole rings is 2. The molecule has 2 fully saturated rings. The van der Waals surface area contributed by atoms with Gasteiger partial charge in [-0.3, -0.25) is 18.4 Å². The largest absolute Gasteiger partial charge is 0.478 e. The third-order valence-corrected chi connectivity index (χ3v) is 14.6. The Labute approximate surface area is 456 Å². The highest BCUT2D eigenvalue weighted by atomic mass is 19.4. The lowest BCUT2D eigenvalue weighted by Crippen LogP contribution is -2.34. The Kier molecular flexibility index (Phi) is 15.1. The number of hydrogen-bond acceptors (Lipinski definition) is 8. The van der Waals surface area contributed by atoms with E-state index in [2.05, 4.69) is 31.2 Å². The van der Waals surface area contributed by atoms with E-state index < -0.39 is 37.1 Å². The normalized spacial score (nSPS) is 14.2. The molecule has 6 N–H and O–H groups in total. The molecule has 20 heteroatoms. The van der Waals surface area contributed by atoms with Gasteiger partial charge in [0.2, 0.25) is 0 Å². The van der Waals surface area contributed by atoms with E-state index in [0.29, 0.717) is 67.3 Å². The van der Waals surface area contributed by atoms with Crippen LogP contribution in [-0.2, 0) is 0 Å². The minimum absolute atomic E-state index is 0.107. The molecule has 2 aliphatic rings. The van der Waals surface area contributed by atoms with Crippen LogP contribution in [0, 0.1) is 27.7 Å². The smallest absolute Gasteiger partial charge is 0.390 e. The molecule has 2 aliphatic carbocycles. The van der Waals surface area contributed by atoms with E-state index in [1.54, 1.807) is 85.4 Å². The number of alkyl halides is 6. The quantitative estimate of drug-likeness (QED) is 0.0508. The summed E-state index contributed by atoms with van der Waals surface area (Å²) in [5.41, 5.74) is 11.4. The summed E-state index contributed by atoms with van der Waals surface area (Å²) in [7, 11) is 0. The molecule has 10 rings (SSSR count). The standard InChI is InChI=1S/C34H36F3N5O2.C26H22F3N3O4/c1-20-15-22(5-7-25(20)30(43)40-32(3)9-10-32)24-17-27(38-14-13-34(35,36)37)29-39-18-28(42(29)19-24)23-6-8-26(21(2)16-23)31(44)41-33(4)11-12-33;1-14-9-16(3-5-19(14)24(33)34)18-11-21(30-8-7-26(27,28)29)23-31-12-22(32(23)13-18)17-4-6-20(25(35)36)15(2)10-17/h5-8,15-19,38H,9-14H2,1-4H3,(H,40,43)(H,41,44);3-6,9-13,30H,7-8H2,1-2H3,(H,33,34)(H,35,36). The zero-order valence-corrected chi connectivity index (χ0v) is 44.6. The van der Waals surface area contributed by atoms with Crippen molar-refractivity contribution in [3.05, 3.63) is 154 Å². The van der Waals surface area contributed by atoms with Gasteiger partial charge in [0, 0.05) is 69.9 Å². The number of rotatable bonds is 16. The number of fused-ring (bicyclic) bond motifs is 2. The number of aromatic carboxylic acids is 2. The predicted octanol–water partition coefficient (Wildman–Crippen LogP) is 13.3. The number of anilines is 2. The maximum Gasteiger partial charge on any atom is 0.390 e. The number of carbonyl (C=O) groups is 4. The third kappa shape index (κ3) is 12.7. The lowest BCUT2D eigenvalue weighted by Gasteiger charge is -2.16. The number of carboxylic acid groups (broad SMARTS) is 2. The molecular weight excluding hydrogens is 1040 g/mol. The fourth-order valence-corrected chi connectivity index (χ4v) is 9.49. The molecule has 0 spiro atoms. The fourth-order valence-electron chi connectivity index (χ4n) is 9.49. The number of amides is 2. The zero-order valence-electron chi connectivity index (χ0n) is 44.6. The Hall–Kier alpha value is -8.68. The van der Waals surface area contributed by atoms with Crippen molar-refractivity contribution >= 4 is 46.4 Å². The second kappa shape index (κ2) is 21.5. The van der Waals surface area contributed by atoms with E-state index in [1.165, 1.54) is 12.1 Å². The maximum absolute atomic E-state index is 13.0. The van der Waals surface area contributed by atoms with Gasteiger partial charge in [-0.2, -0.15) is 26.3 Å². The van der Waals surface area contributed by atoms with Gasteiger partial charge in [0.15, 0.2) is 11.3 Å². The third-order valence-electron chi connectivity index (χ3n) is 14.6. The van der Waals surface area contributed by atoms with Crippen LogP contribution in [-0.4, -0.2) is 89.3 Å². The Bertz CT molecular complexity index is 3760. The molecular formula is C60H58F6N8O6. The first-order valence-electron chi connectivity index (χ1n) is 25.9. The molecule has 4 aromatic carbocycles. The van der Waals surface area contributed by atoms with Crippen molar-refractivity contribution in [3.8, 4) is 44.8 Å². The lowest BCUT2D eigenvalue weighted by atomic mass is 9.99. The summed E-state index contributed by atoms with van der Waals surface area (Å²) in [6.45, 7) is 10.5. The van der Waals surface area contributed by atoms with Crippen LogP contribution in [0.3, 0.4) is 0 Å². The van der Waals surface area contributed by atoms with E-state index in [1.807, 2.05) is 62.6 Å². The summed E-state index contributed by atoms with van der Waals surface area (Å²) in [6, 6.07) is 24.3. The lowest BCUT2D eigenvalue weighted by molar-refractivity contribution is -0.132. The van der Waals surface area contributed by atoms with Crippen molar-refractivity contribution in [3.63, 3.8) is 0 Å². The number of carbonyl (C=O) groups excluding carboxylic acids is 2. The second-order valence-corrected chi connectivity index (χ2v) is 21.3. The van der Waals surface area contributed by atoms with Crippen LogP contribution in [0.5, 0.6) is 0 Å². The highest BCUT2D eigenvalue weighted by molar-refractivity contribution is 5.98. The van der Waals surface area contributed by atoms with E-state index in [0.717, 1.165) is 59.2 Å². The number of aryl methyl sites for hydroxylation is 4. The molecule has 0 bridgehead atoms. The van der Waals surface area contributed by atoms with Gasteiger partial charge in [-0.05, 0) is 149 Å². The van der Waals surface area contributed by atoms with Gasteiger partial charge in [-0.1, -0.05) is 36.4 Å². The number of benzene rings is 4. The molecule has 2 amide bonds. The number of aromatic nitrogens is 4. The Morgan fingerprint density at radius 1 is 0.500 bits per heavy atom. The van der Waals surface area contributed by atoms with Crippen molar-refractivity contribution in [2.24, 2.45) is 0 Å². The average molecular weight is 1100 g/mol. The van der Waals surface area contributed by atoms with Crippen LogP contribution < -0.4 is 21.3 Å². The van der Waals surface area contributed by atoms with Gasteiger partial charge < -0.3 is 31.5 Å². The van der Waals surface area contributed by atoms with E-state index in [9.17, 15) is 55.7 Å². The monoisotopic (exact) mass is 1100 g/mol. The Morgan fingerprint density at radius 3 is 1.14 bits per heavy atom. The molecule has 0 unspecified atom stereocenters. The highest BCUT2D eigenvalue weighted by Gasteiger charge is 2.40. The molecule has 2 saturated carbocycles. The molecule has 0 atom stereocenters. The van der Waals surface area contributed by atoms with E-state index in [-0.39, 0.29) is 47.1 Å². The first-order valence-corrected chi connectivity index (χ1v) is 25.9. The van der Waals surface area contributed by atoms with Gasteiger partial charge in [0.25, 0.3) is 11.8 Å². The predicted molar refractivity (Wildman–Crippen MR) is 294 cm³/mol. The molecule has 80 heavy (non-hydrogen) atoms. The molecule has 0 aliphatic heterocycles. The van der Waals surface area contributed by atoms with Crippen LogP contribution in [0.15, 0.2) is 110 Å². The van der Waals surface area contributed by atoms with Gasteiger partial charge in [-0.25, -0.2) is 19.6 Å². The number of nitrogens with one attached hydrogen (secondary N) is 4. The molecule has 4 heterocycles. The topological polar surface area (TPSA) is 191 Å². The van der Waals surface area contributed by atoms with Crippen LogP contribution >= 0.6 is 0 Å². The summed E-state index contributed by atoms with van der Waals surface area (Å²) in [5, 5.41) is 30.6. The summed E-state index contributed by atoms with van der Waals surface area (Å²) in [5.74, 6) is -2.32. The number of carboxylic acids is 2. The van der Waals surface area contributed by atoms with Gasteiger partial charge in [-0.15, -0.1) is 0 Å². The van der Waals surface area contributed by atoms with Crippen LogP contribution in [0.1, 0.15) is 116 Å². The average Bonchev–Trinajstić information content (AvgIpc) is 4.16. The molecule has 0 radical (unpaired) electrons. The first-order chi connectivity index (χ1) is 37.7. The van der Waals surface area contributed by atoms with Crippen LogP contribution in [0.2, 0.25) is 0 Å². The first kappa shape index (κ1) is 56.1. The molecule has 416 valence electrons.